The van der Waals surface area contributed by atoms with E-state index in [1.165, 1.54) is 38.4 Å². The van der Waals surface area contributed by atoms with E-state index in [2.05, 4.69) is 15.6 Å². The molecule has 12 heteroatoms. The van der Waals surface area contributed by atoms with Crippen molar-refractivity contribution in [2.45, 2.75) is 19.1 Å². The lowest BCUT2D eigenvalue weighted by atomic mass is 9.93. The van der Waals surface area contributed by atoms with Crippen LogP contribution in [-0.2, 0) is 26.9 Å². The van der Waals surface area contributed by atoms with Crippen molar-refractivity contribution in [3.05, 3.63) is 59.2 Å². The van der Waals surface area contributed by atoms with Crippen LogP contribution in [0.1, 0.15) is 28.5 Å². The summed E-state index contributed by atoms with van der Waals surface area (Å²) in [5.41, 5.74) is -0.422. The highest BCUT2D eigenvalue weighted by atomic mass is 32.2. The molecule has 0 aliphatic carbocycles. The summed E-state index contributed by atoms with van der Waals surface area (Å²) in [4.78, 5) is 16.6. The molecule has 2 aromatic rings. The quantitative estimate of drug-likeness (QED) is 0.535. The van der Waals surface area contributed by atoms with Crippen molar-refractivity contribution in [1.29, 1.82) is 5.41 Å². The highest BCUT2D eigenvalue weighted by molar-refractivity contribution is 7.89. The Morgan fingerprint density at radius 1 is 1.38 bits per heavy atom. The van der Waals surface area contributed by atoms with Crippen molar-refractivity contribution in [2.24, 2.45) is 0 Å². The molecule has 172 valence electrons. The maximum absolute atomic E-state index is 14.6. The van der Waals surface area contributed by atoms with Gasteiger partial charge in [-0.2, -0.15) is 0 Å². The summed E-state index contributed by atoms with van der Waals surface area (Å²) in [6.45, 7) is 1.02. The van der Waals surface area contributed by atoms with Gasteiger partial charge in [-0.05, 0) is 36.8 Å². The Morgan fingerprint density at radius 3 is 2.75 bits per heavy atom. The van der Waals surface area contributed by atoms with Crippen LogP contribution in [-0.4, -0.2) is 55.7 Å². The van der Waals surface area contributed by atoms with E-state index in [9.17, 15) is 22.0 Å². The van der Waals surface area contributed by atoms with Gasteiger partial charge in [-0.1, -0.05) is 6.07 Å². The van der Waals surface area contributed by atoms with Crippen molar-refractivity contribution in [1.82, 2.24) is 14.6 Å². The molecule has 0 saturated carbocycles. The number of nitrogens with one attached hydrogen (secondary N) is 3. The Hall–Kier alpha value is -3.12. The fraction of sp³-hybridized carbons (Fsp3) is 0.350. The van der Waals surface area contributed by atoms with E-state index in [1.54, 1.807) is 6.07 Å². The van der Waals surface area contributed by atoms with Crippen molar-refractivity contribution in [2.75, 3.05) is 31.4 Å². The van der Waals surface area contributed by atoms with Crippen LogP contribution in [0.4, 0.5) is 14.5 Å². The zero-order valence-electron chi connectivity index (χ0n) is 17.5. The second kappa shape index (κ2) is 9.17. The Bertz CT molecular complexity index is 1130. The Balaban J connectivity index is 1.79. The highest BCUT2D eigenvalue weighted by Crippen LogP contribution is 2.31. The Labute approximate surface area is 184 Å². The van der Waals surface area contributed by atoms with Crippen LogP contribution in [0.15, 0.2) is 36.5 Å². The summed E-state index contributed by atoms with van der Waals surface area (Å²) in [5, 5.41) is 13.2. The van der Waals surface area contributed by atoms with Gasteiger partial charge >= 0.3 is 0 Å². The number of nitrogens with zero attached hydrogens (tertiary/aromatic N) is 2. The van der Waals surface area contributed by atoms with Gasteiger partial charge in [0.05, 0.1) is 24.5 Å². The maximum atomic E-state index is 14.6. The lowest BCUT2D eigenvalue weighted by Crippen LogP contribution is -2.61. The van der Waals surface area contributed by atoms with Crippen molar-refractivity contribution >= 4 is 27.6 Å². The summed E-state index contributed by atoms with van der Waals surface area (Å²) >= 11 is 0. The average Bonchev–Trinajstić information content (AvgIpc) is 2.73. The van der Waals surface area contributed by atoms with E-state index in [0.29, 0.717) is 5.56 Å². The number of pyridine rings is 1. The van der Waals surface area contributed by atoms with Gasteiger partial charge in [-0.15, -0.1) is 0 Å². The number of aromatic nitrogens is 1. The molecule has 3 rings (SSSR count). The third-order valence-electron chi connectivity index (χ3n) is 4.96. The molecular weight excluding hydrogens is 444 g/mol. The first-order valence-electron chi connectivity index (χ1n) is 9.59. The predicted molar refractivity (Wildman–Crippen MR) is 114 cm³/mol. The van der Waals surface area contributed by atoms with Gasteiger partial charge in [-0.3, -0.25) is 15.2 Å². The van der Waals surface area contributed by atoms with Crippen LogP contribution in [0.5, 0.6) is 0 Å². The third kappa shape index (κ3) is 5.02. The van der Waals surface area contributed by atoms with E-state index in [4.69, 9.17) is 10.1 Å². The fourth-order valence-electron chi connectivity index (χ4n) is 3.23. The SMILES string of the molecule is CN1C(=N)N[C@](C)(c2cc(NC(=O)c3ccc(COCCF)cn3)ccc2F)CS1(=O)=O. The number of guanidine groups is 1. The first-order valence-corrected chi connectivity index (χ1v) is 11.2. The molecule has 32 heavy (non-hydrogen) atoms. The third-order valence-corrected chi connectivity index (χ3v) is 6.92. The zero-order chi connectivity index (χ0) is 23.5. The largest absolute Gasteiger partial charge is 0.374 e. The molecular formula is C20H23F2N5O4S. The number of hydrogen-bond acceptors (Lipinski definition) is 6. The van der Waals surface area contributed by atoms with Crippen LogP contribution in [0, 0.1) is 11.2 Å². The van der Waals surface area contributed by atoms with Gasteiger partial charge in [0.2, 0.25) is 16.0 Å². The van der Waals surface area contributed by atoms with Crippen LogP contribution in [0.25, 0.3) is 0 Å². The second-order valence-corrected chi connectivity index (χ2v) is 9.47. The molecule has 3 N–H and O–H groups in total. The summed E-state index contributed by atoms with van der Waals surface area (Å²) in [7, 11) is -2.58. The zero-order valence-corrected chi connectivity index (χ0v) is 18.3. The molecule has 1 amide bonds. The van der Waals surface area contributed by atoms with Crippen LogP contribution >= 0.6 is 0 Å². The Kier molecular flexibility index (Phi) is 6.74. The number of carbonyl (C=O) groups excluding carboxylic acids is 1. The number of sulfonamides is 1. The molecule has 1 aliphatic heterocycles. The first-order chi connectivity index (χ1) is 15.1. The number of hydrogen-bond donors (Lipinski definition) is 3. The number of carbonyl (C=O) groups is 1. The van der Waals surface area contributed by atoms with Gasteiger partial charge in [0.1, 0.15) is 18.2 Å². The maximum Gasteiger partial charge on any atom is 0.274 e. The minimum Gasteiger partial charge on any atom is -0.374 e. The fourth-order valence-corrected chi connectivity index (χ4v) is 4.71. The van der Waals surface area contributed by atoms with E-state index in [1.807, 2.05) is 0 Å². The van der Waals surface area contributed by atoms with Crippen LogP contribution in [0.2, 0.25) is 0 Å². The molecule has 1 aromatic heterocycles. The van der Waals surface area contributed by atoms with Crippen LogP contribution in [0.3, 0.4) is 0 Å². The van der Waals surface area contributed by atoms with Crippen molar-refractivity contribution in [3.8, 4) is 0 Å². The van der Waals surface area contributed by atoms with Gasteiger partial charge in [0.15, 0.2) is 0 Å². The molecule has 0 radical (unpaired) electrons. The lowest BCUT2D eigenvalue weighted by Gasteiger charge is -2.40. The standard InChI is InChI=1S/C20H23F2N5O4S/c1-20(12-32(29,30)27(2)19(23)26-20)15-9-14(4-5-16(15)22)25-18(28)17-6-3-13(10-24-17)11-31-8-7-21/h3-6,9-10H,7-8,11-12H2,1-2H3,(H2,23,26)(H,25,28)/t20-/m0/s1. The van der Waals surface area contributed by atoms with Crippen LogP contribution < -0.4 is 10.6 Å². The highest BCUT2D eigenvalue weighted by Gasteiger charge is 2.43. The topological polar surface area (TPSA) is 124 Å². The smallest absolute Gasteiger partial charge is 0.274 e. The number of halogens is 2. The summed E-state index contributed by atoms with van der Waals surface area (Å²) in [6.07, 6.45) is 1.43. The second-order valence-electron chi connectivity index (χ2n) is 7.47. The molecule has 1 atom stereocenters. The minimum atomic E-state index is -3.82. The van der Waals surface area contributed by atoms with E-state index in [0.717, 1.165) is 10.4 Å². The summed E-state index contributed by atoms with van der Waals surface area (Å²) in [6, 6.07) is 6.88. The number of alkyl halides is 1. The summed E-state index contributed by atoms with van der Waals surface area (Å²) < 4.78 is 57.3. The molecule has 1 fully saturated rings. The first kappa shape index (κ1) is 23.5. The number of anilines is 1. The average molecular weight is 467 g/mol. The molecule has 2 heterocycles. The van der Waals surface area contributed by atoms with E-state index >= 15 is 0 Å². The molecule has 0 bridgehead atoms. The number of amides is 1. The van der Waals surface area contributed by atoms with Gasteiger partial charge in [-0.25, -0.2) is 21.5 Å². The monoisotopic (exact) mass is 467 g/mol. The minimum absolute atomic E-state index is 0.00922. The molecule has 1 aromatic carbocycles. The molecule has 9 nitrogen and oxygen atoms in total. The number of benzene rings is 1. The lowest BCUT2D eigenvalue weighted by molar-refractivity contribution is 0.101. The van der Waals surface area contributed by atoms with Gasteiger partial charge in [0.25, 0.3) is 5.91 Å². The normalized spacial score (nSPS) is 20.0. The molecule has 1 saturated heterocycles. The number of ether oxygens (including phenoxy) is 1. The van der Waals surface area contributed by atoms with E-state index < -0.39 is 39.7 Å². The van der Waals surface area contributed by atoms with Gasteiger partial charge < -0.3 is 15.4 Å². The Morgan fingerprint density at radius 2 is 2.12 bits per heavy atom. The van der Waals surface area contributed by atoms with Crippen molar-refractivity contribution < 1.29 is 26.7 Å². The van der Waals surface area contributed by atoms with Crippen molar-refractivity contribution in [3.63, 3.8) is 0 Å². The molecule has 0 spiro atoms. The molecule has 1 aliphatic rings. The summed E-state index contributed by atoms with van der Waals surface area (Å²) in [5.74, 6) is -2.09. The van der Waals surface area contributed by atoms with Gasteiger partial charge in [0, 0.05) is 24.5 Å². The molecule has 0 unspecified atom stereocenters. The predicted octanol–water partition coefficient (Wildman–Crippen LogP) is 1.97. The number of rotatable bonds is 7. The van der Waals surface area contributed by atoms with E-state index in [-0.39, 0.29) is 36.1 Å².